The van der Waals surface area contributed by atoms with Crippen molar-refractivity contribution < 1.29 is 42.3 Å². The van der Waals surface area contributed by atoms with Crippen LogP contribution in [0.2, 0.25) is 0 Å². The molecule has 2 aliphatic rings. The molecule has 5 aromatic rings. The average molecular weight is 695 g/mol. The molecule has 50 heavy (non-hydrogen) atoms. The van der Waals surface area contributed by atoms with Gasteiger partial charge < -0.3 is 26.8 Å². The molecule has 6 N–H and O–H groups in total. The zero-order chi connectivity index (χ0) is 35.9. The van der Waals surface area contributed by atoms with Crippen molar-refractivity contribution in [1.82, 2.24) is 34.2 Å². The summed E-state index contributed by atoms with van der Waals surface area (Å²) in [7, 11) is 0. The smallest absolute Gasteiger partial charge is 0.408 e. The van der Waals surface area contributed by atoms with E-state index in [4.69, 9.17) is 16.6 Å². The number of fused-ring (bicyclic) bond motifs is 3. The number of rotatable bonds is 9. The zero-order valence-electron chi connectivity index (χ0n) is 25.9. The first-order valence-corrected chi connectivity index (χ1v) is 15.1. The van der Waals surface area contributed by atoms with Gasteiger partial charge in [-0.05, 0) is 30.9 Å². The van der Waals surface area contributed by atoms with Crippen LogP contribution in [0.1, 0.15) is 33.8 Å². The van der Waals surface area contributed by atoms with Crippen LogP contribution >= 0.6 is 0 Å². The summed E-state index contributed by atoms with van der Waals surface area (Å²) in [6.07, 6.45) is -2.08. The van der Waals surface area contributed by atoms with Crippen LogP contribution in [0.3, 0.4) is 0 Å². The van der Waals surface area contributed by atoms with Gasteiger partial charge in [-0.25, -0.2) is 0 Å². The van der Waals surface area contributed by atoms with Crippen molar-refractivity contribution in [2.45, 2.75) is 50.7 Å². The van der Waals surface area contributed by atoms with Crippen molar-refractivity contribution in [2.75, 3.05) is 5.32 Å². The predicted octanol–water partition coefficient (Wildman–Crippen LogP) is 1.74. The molecule has 260 valence electrons. The van der Waals surface area contributed by atoms with Gasteiger partial charge in [0, 0.05) is 29.1 Å². The standard InChI is InChI=1S/C21H20F3N7O3.C10H9N3O3/c22-21(23,24)10-29-6-5-16(27-29)26-20(34)15-8-11-7-14(11)31(15)17(32)9-30-13-4-2-1-3-12(13)18(28-30)19(25)33;11-10(16)9-6-3-1-2-4-7(6)13(12-9)5-8(14)15/h1-6,11,14-15H,7-10H2,(H2,25,33)(H,26,27,34);1-4H,5H2,(H2,11,16)(H,14,15)/t11-,14-,15+;/m1./s1. The third-order valence-electron chi connectivity index (χ3n) is 8.28. The van der Waals surface area contributed by atoms with E-state index in [0.29, 0.717) is 32.9 Å². The third-order valence-corrected chi connectivity index (χ3v) is 8.28. The minimum atomic E-state index is -4.44. The number of primary amides is 2. The number of alkyl halides is 3. The highest BCUT2D eigenvalue weighted by molar-refractivity contribution is 6.05. The number of likely N-dealkylation sites (tertiary alicyclic amines) is 1. The number of carbonyl (C=O) groups is 5. The molecule has 3 aromatic heterocycles. The largest absolute Gasteiger partial charge is 0.480 e. The summed E-state index contributed by atoms with van der Waals surface area (Å²) in [4.78, 5) is 61.1. The Labute approximate surface area is 279 Å². The number of carboxylic acids is 1. The first-order chi connectivity index (χ1) is 23.7. The Hall–Kier alpha value is -6.27. The molecular weight excluding hydrogens is 665 g/mol. The van der Waals surface area contributed by atoms with Crippen molar-refractivity contribution in [3.63, 3.8) is 0 Å². The molecule has 2 fully saturated rings. The molecule has 0 unspecified atom stereocenters. The summed E-state index contributed by atoms with van der Waals surface area (Å²) >= 11 is 0. The van der Waals surface area contributed by atoms with E-state index in [0.717, 1.165) is 12.6 Å². The first kappa shape index (κ1) is 33.6. The molecular formula is C31H29F3N10O6. The van der Waals surface area contributed by atoms with E-state index >= 15 is 0 Å². The second kappa shape index (κ2) is 13.0. The summed E-state index contributed by atoms with van der Waals surface area (Å²) in [5, 5.41) is 24.1. The molecule has 1 saturated carbocycles. The number of aromatic nitrogens is 6. The van der Waals surface area contributed by atoms with Gasteiger partial charge in [-0.2, -0.15) is 28.5 Å². The topological polar surface area (TPSA) is 226 Å². The SMILES string of the molecule is NC(=O)c1nn(CC(=O)N2[C@@H]3C[C@@H]3C[C@H]2C(=O)Nc2ccn(CC(F)(F)F)n2)c2ccccc12.NC(=O)c1nn(CC(=O)O)c2ccccc12. The molecule has 2 aromatic carbocycles. The van der Waals surface area contributed by atoms with Gasteiger partial charge in [0.2, 0.25) is 11.8 Å². The molecule has 4 amide bonds. The van der Waals surface area contributed by atoms with Crippen LogP contribution in [0, 0.1) is 5.92 Å². The van der Waals surface area contributed by atoms with Crippen LogP contribution < -0.4 is 16.8 Å². The van der Waals surface area contributed by atoms with Gasteiger partial charge in [-0.1, -0.05) is 36.4 Å². The van der Waals surface area contributed by atoms with Crippen LogP contribution in [0.15, 0.2) is 60.8 Å². The van der Waals surface area contributed by atoms with E-state index in [2.05, 4.69) is 20.6 Å². The van der Waals surface area contributed by atoms with Crippen LogP contribution in [-0.2, 0) is 34.0 Å². The molecule has 1 saturated heterocycles. The number of carboxylic acid groups (broad SMARTS) is 1. The summed E-state index contributed by atoms with van der Waals surface area (Å²) < 4.78 is 41.0. The average Bonchev–Trinajstić information content (AvgIpc) is 3.38. The molecule has 1 aliphatic heterocycles. The molecule has 4 heterocycles. The van der Waals surface area contributed by atoms with Crippen LogP contribution in [0.5, 0.6) is 0 Å². The van der Waals surface area contributed by atoms with Crippen molar-refractivity contribution in [2.24, 2.45) is 17.4 Å². The number of halogens is 3. The number of aliphatic carboxylic acids is 1. The van der Waals surface area contributed by atoms with E-state index in [1.165, 1.54) is 20.3 Å². The Balaban J connectivity index is 0.000000226. The van der Waals surface area contributed by atoms with E-state index in [1.807, 2.05) is 0 Å². The van der Waals surface area contributed by atoms with Gasteiger partial charge in [-0.3, -0.25) is 38.0 Å². The Morgan fingerprint density at radius 3 is 1.92 bits per heavy atom. The van der Waals surface area contributed by atoms with E-state index in [-0.39, 0.29) is 48.2 Å². The number of anilines is 1. The number of nitrogens with one attached hydrogen (secondary N) is 1. The van der Waals surface area contributed by atoms with Crippen LogP contribution in [0.4, 0.5) is 19.0 Å². The highest BCUT2D eigenvalue weighted by atomic mass is 19.4. The zero-order valence-corrected chi connectivity index (χ0v) is 25.9. The third kappa shape index (κ3) is 6.96. The number of nitrogens with zero attached hydrogens (tertiary/aromatic N) is 7. The van der Waals surface area contributed by atoms with Crippen molar-refractivity contribution in [3.05, 3.63) is 72.2 Å². The van der Waals surface area contributed by atoms with Gasteiger partial charge in [0.05, 0.1) is 11.0 Å². The number of nitrogens with two attached hydrogens (primary N) is 2. The minimum Gasteiger partial charge on any atom is -0.480 e. The summed E-state index contributed by atoms with van der Waals surface area (Å²) in [6, 6.07) is 14.1. The lowest BCUT2D eigenvalue weighted by Crippen LogP contribution is -2.46. The van der Waals surface area contributed by atoms with Crippen molar-refractivity contribution >= 4 is 57.2 Å². The second-order valence-electron chi connectivity index (χ2n) is 11.8. The molecule has 16 nitrogen and oxygen atoms in total. The lowest BCUT2D eigenvalue weighted by molar-refractivity contribution is -0.142. The van der Waals surface area contributed by atoms with Gasteiger partial charge in [-0.15, -0.1) is 0 Å². The molecule has 1 aliphatic carbocycles. The Kier molecular flexibility index (Phi) is 8.73. The summed E-state index contributed by atoms with van der Waals surface area (Å²) in [5.41, 5.74) is 11.9. The van der Waals surface area contributed by atoms with Crippen LogP contribution in [0.25, 0.3) is 21.8 Å². The fourth-order valence-corrected chi connectivity index (χ4v) is 6.16. The van der Waals surface area contributed by atoms with E-state index < -0.39 is 42.5 Å². The molecule has 19 heteroatoms. The maximum absolute atomic E-state index is 13.2. The Morgan fingerprint density at radius 1 is 0.820 bits per heavy atom. The summed E-state index contributed by atoms with van der Waals surface area (Å²) in [5.74, 6) is -3.10. The first-order valence-electron chi connectivity index (χ1n) is 15.1. The number of piperidine rings is 1. The molecule has 0 spiro atoms. The van der Waals surface area contributed by atoms with Gasteiger partial charge in [0.15, 0.2) is 17.2 Å². The Bertz CT molecular complexity index is 2150. The maximum Gasteiger partial charge on any atom is 0.408 e. The molecule has 3 atom stereocenters. The number of amides is 4. The number of para-hydroxylation sites is 2. The monoisotopic (exact) mass is 694 g/mol. The molecule has 7 rings (SSSR count). The highest BCUT2D eigenvalue weighted by Crippen LogP contribution is 2.48. The quantitative estimate of drug-likeness (QED) is 0.176. The lowest BCUT2D eigenvalue weighted by atomic mass is 10.1. The highest BCUT2D eigenvalue weighted by Gasteiger charge is 2.56. The van der Waals surface area contributed by atoms with Gasteiger partial charge >= 0.3 is 12.1 Å². The maximum atomic E-state index is 13.2. The van der Waals surface area contributed by atoms with E-state index in [1.54, 1.807) is 48.5 Å². The van der Waals surface area contributed by atoms with Crippen molar-refractivity contribution in [1.29, 1.82) is 0 Å². The normalized spacial score (nSPS) is 18.0. The molecule has 0 bridgehead atoms. The summed E-state index contributed by atoms with van der Waals surface area (Å²) in [6.45, 7) is -1.76. The number of hydrogen-bond acceptors (Lipinski definition) is 8. The number of hydrogen-bond donors (Lipinski definition) is 4. The van der Waals surface area contributed by atoms with Gasteiger partial charge in [0.1, 0.15) is 25.7 Å². The fraction of sp³-hybridized carbons (Fsp3) is 0.290. The second-order valence-corrected chi connectivity index (χ2v) is 11.8. The predicted molar refractivity (Wildman–Crippen MR) is 168 cm³/mol. The van der Waals surface area contributed by atoms with E-state index in [9.17, 15) is 37.1 Å². The van der Waals surface area contributed by atoms with Crippen LogP contribution in [-0.4, -0.2) is 87.2 Å². The minimum absolute atomic E-state index is 0.0219. The molecule has 0 radical (unpaired) electrons. The Morgan fingerprint density at radius 2 is 1.38 bits per heavy atom. The fourth-order valence-electron chi connectivity index (χ4n) is 6.16. The lowest BCUT2D eigenvalue weighted by Gasteiger charge is -2.26. The van der Waals surface area contributed by atoms with Gasteiger partial charge in [0.25, 0.3) is 11.8 Å². The number of benzene rings is 2. The number of carbonyl (C=O) groups excluding carboxylic acids is 4. The van der Waals surface area contributed by atoms with Crippen molar-refractivity contribution in [3.8, 4) is 0 Å².